The van der Waals surface area contributed by atoms with Gasteiger partial charge in [0.2, 0.25) is 5.28 Å². The summed E-state index contributed by atoms with van der Waals surface area (Å²) in [6, 6.07) is 38.3. The van der Waals surface area contributed by atoms with Crippen molar-refractivity contribution in [1.29, 1.82) is 0 Å². The molecule has 1 aliphatic carbocycles. The molecule has 4 aromatic carbocycles. The van der Waals surface area contributed by atoms with Crippen molar-refractivity contribution in [3.8, 4) is 55.9 Å². The van der Waals surface area contributed by atoms with Crippen molar-refractivity contribution in [2.45, 2.75) is 19.3 Å². The van der Waals surface area contributed by atoms with Gasteiger partial charge in [0.1, 0.15) is 0 Å². The summed E-state index contributed by atoms with van der Waals surface area (Å²) in [6.45, 7) is 4.57. The molecule has 3 nitrogen and oxygen atoms in total. The van der Waals surface area contributed by atoms with E-state index in [1.165, 1.54) is 22.3 Å². The minimum absolute atomic E-state index is 0.0758. The molecule has 2 heterocycles. The summed E-state index contributed by atoms with van der Waals surface area (Å²) in [5, 5.41) is 0.241. The maximum absolute atomic E-state index is 6.46. The van der Waals surface area contributed by atoms with E-state index in [1.54, 1.807) is 6.20 Å². The number of hydrogen-bond acceptors (Lipinski definition) is 3. The summed E-state index contributed by atoms with van der Waals surface area (Å²) in [7, 11) is 0. The molecule has 192 valence electrons. The summed E-state index contributed by atoms with van der Waals surface area (Å²) in [5.41, 5.74) is 13.4. The molecule has 0 fully saturated rings. The number of halogens is 1. The number of rotatable bonds is 4. The molecule has 0 radical (unpaired) electrons. The van der Waals surface area contributed by atoms with Gasteiger partial charge in [-0.15, -0.1) is 0 Å². The molecule has 0 saturated carbocycles. The molecular formula is C36H26ClN3. The quantitative estimate of drug-likeness (QED) is 0.211. The van der Waals surface area contributed by atoms with Crippen LogP contribution < -0.4 is 0 Å². The van der Waals surface area contributed by atoms with Gasteiger partial charge < -0.3 is 0 Å². The minimum Gasteiger partial charge on any atom is -0.264 e. The molecule has 0 amide bonds. The fraction of sp³-hybridized carbons (Fsp3) is 0.0833. The molecule has 6 aromatic rings. The van der Waals surface area contributed by atoms with Crippen molar-refractivity contribution < 1.29 is 0 Å². The van der Waals surface area contributed by atoms with Gasteiger partial charge >= 0.3 is 0 Å². The Bertz CT molecular complexity index is 1860. The van der Waals surface area contributed by atoms with Crippen molar-refractivity contribution in [2.75, 3.05) is 0 Å². The standard InChI is InChI=1S/C36H26ClN3/c1-36(2)31-8-4-3-7-29(31)30-18-17-27(20-32(30)36)34-21-33(39-35(37)40-34)26-15-13-24(14-16-26)23-9-11-25(12-10-23)28-6-5-19-38-22-28/h3-22H,1-2H3. The van der Waals surface area contributed by atoms with Gasteiger partial charge in [-0.1, -0.05) is 105 Å². The Morgan fingerprint density at radius 2 is 1.10 bits per heavy atom. The van der Waals surface area contributed by atoms with Crippen LogP contribution in [0.25, 0.3) is 55.9 Å². The Morgan fingerprint density at radius 3 is 1.77 bits per heavy atom. The summed E-state index contributed by atoms with van der Waals surface area (Å²) in [5.74, 6) is 0. The van der Waals surface area contributed by atoms with Crippen LogP contribution in [0, 0.1) is 0 Å². The van der Waals surface area contributed by atoms with Gasteiger partial charge in [-0.2, -0.15) is 0 Å². The van der Waals surface area contributed by atoms with Crippen molar-refractivity contribution in [3.05, 3.63) is 138 Å². The molecule has 0 atom stereocenters. The van der Waals surface area contributed by atoms with Crippen LogP contribution in [0.15, 0.2) is 122 Å². The zero-order valence-electron chi connectivity index (χ0n) is 22.3. The molecule has 2 aromatic heterocycles. The summed E-state index contributed by atoms with van der Waals surface area (Å²) < 4.78 is 0. The van der Waals surface area contributed by atoms with Crippen LogP contribution in [0.1, 0.15) is 25.0 Å². The molecule has 0 saturated heterocycles. The first-order valence-electron chi connectivity index (χ1n) is 13.4. The summed E-state index contributed by atoms with van der Waals surface area (Å²) in [4.78, 5) is 13.4. The predicted molar refractivity (Wildman–Crippen MR) is 164 cm³/mol. The van der Waals surface area contributed by atoms with E-state index in [9.17, 15) is 0 Å². The monoisotopic (exact) mass is 535 g/mol. The Balaban J connectivity index is 1.19. The molecule has 40 heavy (non-hydrogen) atoms. The van der Waals surface area contributed by atoms with Crippen LogP contribution in [0.2, 0.25) is 5.28 Å². The summed E-state index contributed by atoms with van der Waals surface area (Å²) >= 11 is 6.46. The molecule has 0 aliphatic heterocycles. The number of fused-ring (bicyclic) bond motifs is 3. The van der Waals surface area contributed by atoms with E-state index >= 15 is 0 Å². The lowest BCUT2D eigenvalue weighted by Crippen LogP contribution is -2.14. The van der Waals surface area contributed by atoms with Crippen LogP contribution in [0.5, 0.6) is 0 Å². The van der Waals surface area contributed by atoms with Crippen molar-refractivity contribution in [3.63, 3.8) is 0 Å². The van der Waals surface area contributed by atoms with E-state index in [4.69, 9.17) is 11.6 Å². The van der Waals surface area contributed by atoms with Crippen LogP contribution in [-0.4, -0.2) is 15.0 Å². The van der Waals surface area contributed by atoms with Gasteiger partial charge in [0.15, 0.2) is 0 Å². The zero-order chi connectivity index (χ0) is 27.3. The summed E-state index contributed by atoms with van der Waals surface area (Å²) in [6.07, 6.45) is 3.67. The molecule has 7 rings (SSSR count). The Hall–Kier alpha value is -4.60. The molecule has 0 spiro atoms. The van der Waals surface area contributed by atoms with E-state index in [2.05, 4.69) is 126 Å². The van der Waals surface area contributed by atoms with Crippen LogP contribution >= 0.6 is 11.6 Å². The molecular weight excluding hydrogens is 510 g/mol. The normalized spacial score (nSPS) is 13.1. The van der Waals surface area contributed by atoms with Crippen LogP contribution in [0.3, 0.4) is 0 Å². The third kappa shape index (κ3) is 4.20. The largest absolute Gasteiger partial charge is 0.264 e. The smallest absolute Gasteiger partial charge is 0.223 e. The van der Waals surface area contributed by atoms with Gasteiger partial charge in [0.05, 0.1) is 11.4 Å². The van der Waals surface area contributed by atoms with Crippen molar-refractivity contribution >= 4 is 11.6 Å². The third-order valence-corrected chi connectivity index (χ3v) is 8.14. The number of aromatic nitrogens is 3. The van der Waals surface area contributed by atoms with E-state index in [0.717, 1.165) is 44.8 Å². The number of hydrogen-bond donors (Lipinski definition) is 0. The Kier molecular flexibility index (Phi) is 5.83. The van der Waals surface area contributed by atoms with E-state index in [0.29, 0.717) is 0 Å². The Morgan fingerprint density at radius 1 is 0.525 bits per heavy atom. The fourth-order valence-corrected chi connectivity index (χ4v) is 5.98. The van der Waals surface area contributed by atoms with Gasteiger partial charge in [-0.3, -0.25) is 4.98 Å². The first kappa shape index (κ1) is 24.4. The van der Waals surface area contributed by atoms with E-state index in [1.807, 2.05) is 18.3 Å². The average Bonchev–Trinajstić information content (AvgIpc) is 3.23. The fourth-order valence-electron chi connectivity index (χ4n) is 5.80. The minimum atomic E-state index is -0.0758. The number of pyridine rings is 1. The molecule has 0 bridgehead atoms. The van der Waals surface area contributed by atoms with E-state index < -0.39 is 0 Å². The lowest BCUT2D eigenvalue weighted by molar-refractivity contribution is 0.660. The number of benzene rings is 4. The lowest BCUT2D eigenvalue weighted by Gasteiger charge is -2.21. The molecule has 4 heteroatoms. The maximum Gasteiger partial charge on any atom is 0.223 e. The maximum atomic E-state index is 6.46. The second-order valence-corrected chi connectivity index (χ2v) is 11.1. The van der Waals surface area contributed by atoms with Gasteiger partial charge in [0, 0.05) is 28.9 Å². The lowest BCUT2D eigenvalue weighted by atomic mass is 9.82. The van der Waals surface area contributed by atoms with Crippen molar-refractivity contribution in [2.24, 2.45) is 0 Å². The highest BCUT2D eigenvalue weighted by molar-refractivity contribution is 6.28. The first-order valence-corrected chi connectivity index (χ1v) is 13.8. The highest BCUT2D eigenvalue weighted by atomic mass is 35.5. The highest BCUT2D eigenvalue weighted by Gasteiger charge is 2.35. The molecule has 0 N–H and O–H groups in total. The topological polar surface area (TPSA) is 38.7 Å². The first-order chi connectivity index (χ1) is 19.5. The van der Waals surface area contributed by atoms with Gasteiger partial charge in [0.25, 0.3) is 0 Å². The average molecular weight is 536 g/mol. The second kappa shape index (κ2) is 9.55. The highest BCUT2D eigenvalue weighted by Crippen LogP contribution is 2.49. The van der Waals surface area contributed by atoms with Gasteiger partial charge in [-0.25, -0.2) is 9.97 Å². The number of nitrogens with zero attached hydrogens (tertiary/aromatic N) is 3. The van der Waals surface area contributed by atoms with Crippen LogP contribution in [0.4, 0.5) is 0 Å². The second-order valence-electron chi connectivity index (χ2n) is 10.7. The predicted octanol–water partition coefficient (Wildman–Crippen LogP) is 9.50. The molecule has 1 aliphatic rings. The molecule has 0 unspecified atom stereocenters. The zero-order valence-corrected chi connectivity index (χ0v) is 23.0. The van der Waals surface area contributed by atoms with Crippen molar-refractivity contribution in [1.82, 2.24) is 15.0 Å². The van der Waals surface area contributed by atoms with E-state index in [-0.39, 0.29) is 10.7 Å². The Labute approximate surface area is 239 Å². The van der Waals surface area contributed by atoms with Crippen LogP contribution in [-0.2, 0) is 5.41 Å². The SMILES string of the molecule is CC1(C)c2ccccc2-c2ccc(-c3cc(-c4ccc(-c5ccc(-c6cccnc6)cc5)cc4)nc(Cl)n3)cc21. The van der Waals surface area contributed by atoms with Gasteiger partial charge in [-0.05, 0) is 74.3 Å². The third-order valence-electron chi connectivity index (χ3n) is 7.97.